The third kappa shape index (κ3) is 2.88. The lowest BCUT2D eigenvalue weighted by Gasteiger charge is -2.28. The molecule has 1 aromatic carbocycles. The largest absolute Gasteiger partial charge is 0.398 e. The predicted octanol–water partition coefficient (Wildman–Crippen LogP) is 3.72. The average Bonchev–Trinajstić information content (AvgIpc) is 2.99. The molecule has 112 valence electrons. The number of anilines is 1. The molecule has 1 aromatic heterocycles. The van der Waals surface area contributed by atoms with E-state index in [2.05, 4.69) is 22.4 Å². The number of hydrogen-bond donors (Lipinski definition) is 1. The molecule has 1 heterocycles. The Labute approximate surface area is 129 Å². The van der Waals surface area contributed by atoms with Crippen LogP contribution in [0.5, 0.6) is 0 Å². The first kappa shape index (κ1) is 14.3. The van der Waals surface area contributed by atoms with Crippen LogP contribution in [-0.4, -0.2) is 20.2 Å². The number of aromatic nitrogens is 4. The van der Waals surface area contributed by atoms with Crippen molar-refractivity contribution in [2.45, 2.75) is 45.1 Å². The number of nitrogens with two attached hydrogens (primary N) is 1. The lowest BCUT2D eigenvalue weighted by atomic mass is 9.84. The monoisotopic (exact) mass is 305 g/mol. The molecule has 1 saturated carbocycles. The normalized spacial score (nSPS) is 22.4. The van der Waals surface area contributed by atoms with Gasteiger partial charge in [-0.3, -0.25) is 0 Å². The summed E-state index contributed by atoms with van der Waals surface area (Å²) in [7, 11) is 0. The van der Waals surface area contributed by atoms with Crippen LogP contribution < -0.4 is 5.73 Å². The van der Waals surface area contributed by atoms with Gasteiger partial charge in [-0.1, -0.05) is 37.8 Å². The highest BCUT2D eigenvalue weighted by atomic mass is 35.5. The van der Waals surface area contributed by atoms with Crippen LogP contribution in [0.25, 0.3) is 11.4 Å². The minimum Gasteiger partial charge on any atom is -0.398 e. The van der Waals surface area contributed by atoms with Gasteiger partial charge < -0.3 is 5.73 Å². The molecule has 2 N–H and O–H groups in total. The number of tetrazole rings is 1. The lowest BCUT2D eigenvalue weighted by Crippen LogP contribution is -2.20. The standard InChI is InChI=1S/C15H20ClN5/c1-2-10-4-3-5-12(8-10)21-15(18-19-20-21)11-6-7-14(17)13(16)9-11/h6-7,9-10,12H,2-5,8,17H2,1H3. The molecule has 0 radical (unpaired) electrons. The van der Waals surface area contributed by atoms with Crippen molar-refractivity contribution in [1.82, 2.24) is 20.2 Å². The molecule has 0 bridgehead atoms. The summed E-state index contributed by atoms with van der Waals surface area (Å²) in [6.07, 6.45) is 6.07. The van der Waals surface area contributed by atoms with Crippen molar-refractivity contribution in [3.8, 4) is 11.4 Å². The Kier molecular flexibility index (Phi) is 4.10. The second-order valence-corrected chi connectivity index (χ2v) is 6.19. The Hall–Kier alpha value is -1.62. The third-order valence-corrected chi connectivity index (χ3v) is 4.76. The highest BCUT2D eigenvalue weighted by molar-refractivity contribution is 6.33. The number of nitrogens with zero attached hydrogens (tertiary/aromatic N) is 4. The van der Waals surface area contributed by atoms with E-state index >= 15 is 0 Å². The van der Waals surface area contributed by atoms with Gasteiger partial charge in [0.25, 0.3) is 0 Å². The van der Waals surface area contributed by atoms with E-state index in [1.807, 2.05) is 16.8 Å². The minimum atomic E-state index is 0.380. The third-order valence-electron chi connectivity index (χ3n) is 4.43. The Morgan fingerprint density at radius 1 is 1.38 bits per heavy atom. The van der Waals surface area contributed by atoms with Gasteiger partial charge in [-0.05, 0) is 47.4 Å². The molecule has 5 nitrogen and oxygen atoms in total. The molecule has 0 saturated heterocycles. The van der Waals surface area contributed by atoms with Crippen molar-refractivity contribution in [2.24, 2.45) is 5.92 Å². The zero-order chi connectivity index (χ0) is 14.8. The molecule has 0 spiro atoms. The number of halogens is 1. The van der Waals surface area contributed by atoms with Gasteiger partial charge in [-0.2, -0.15) is 0 Å². The quantitative estimate of drug-likeness (QED) is 0.877. The van der Waals surface area contributed by atoms with E-state index in [0.717, 1.165) is 30.1 Å². The maximum absolute atomic E-state index is 6.11. The van der Waals surface area contributed by atoms with Crippen LogP contribution in [-0.2, 0) is 0 Å². The van der Waals surface area contributed by atoms with Crippen LogP contribution in [0.3, 0.4) is 0 Å². The van der Waals surface area contributed by atoms with Crippen LogP contribution in [0, 0.1) is 5.92 Å². The Morgan fingerprint density at radius 3 is 3.00 bits per heavy atom. The van der Waals surface area contributed by atoms with Crippen LogP contribution in [0.4, 0.5) is 5.69 Å². The van der Waals surface area contributed by atoms with E-state index in [1.54, 1.807) is 6.07 Å². The SMILES string of the molecule is CCC1CCCC(n2nnnc2-c2ccc(N)c(Cl)c2)C1. The van der Waals surface area contributed by atoms with Crippen LogP contribution in [0.1, 0.15) is 45.1 Å². The van der Waals surface area contributed by atoms with E-state index < -0.39 is 0 Å². The molecule has 21 heavy (non-hydrogen) atoms. The lowest BCUT2D eigenvalue weighted by molar-refractivity contribution is 0.246. The van der Waals surface area contributed by atoms with Crippen molar-refractivity contribution in [2.75, 3.05) is 5.73 Å². The summed E-state index contributed by atoms with van der Waals surface area (Å²) >= 11 is 6.11. The first-order valence-electron chi connectivity index (χ1n) is 7.52. The molecule has 6 heteroatoms. The minimum absolute atomic E-state index is 0.380. The smallest absolute Gasteiger partial charge is 0.182 e. The van der Waals surface area contributed by atoms with Crippen molar-refractivity contribution < 1.29 is 0 Å². The van der Waals surface area contributed by atoms with E-state index in [0.29, 0.717) is 16.8 Å². The van der Waals surface area contributed by atoms with Gasteiger partial charge in [0.1, 0.15) is 0 Å². The van der Waals surface area contributed by atoms with Gasteiger partial charge in [-0.15, -0.1) is 5.10 Å². The number of hydrogen-bond acceptors (Lipinski definition) is 4. The van der Waals surface area contributed by atoms with Crippen LogP contribution in [0.2, 0.25) is 5.02 Å². The second-order valence-electron chi connectivity index (χ2n) is 5.78. The molecule has 0 aliphatic heterocycles. The molecular weight excluding hydrogens is 286 g/mol. The summed E-state index contributed by atoms with van der Waals surface area (Å²) in [6, 6.07) is 5.93. The number of nitrogen functional groups attached to an aromatic ring is 1. The highest BCUT2D eigenvalue weighted by Crippen LogP contribution is 2.36. The van der Waals surface area contributed by atoms with Gasteiger partial charge in [0, 0.05) is 5.56 Å². The molecule has 1 aliphatic rings. The summed E-state index contributed by atoms with van der Waals surface area (Å²) in [5.74, 6) is 1.55. The number of rotatable bonds is 3. The first-order valence-corrected chi connectivity index (χ1v) is 7.90. The maximum Gasteiger partial charge on any atom is 0.182 e. The van der Waals surface area contributed by atoms with Gasteiger partial charge in [0.05, 0.1) is 16.8 Å². The topological polar surface area (TPSA) is 69.6 Å². The summed E-state index contributed by atoms with van der Waals surface area (Å²) in [5.41, 5.74) is 7.26. The summed E-state index contributed by atoms with van der Waals surface area (Å²) in [6.45, 7) is 2.26. The number of benzene rings is 1. The highest BCUT2D eigenvalue weighted by Gasteiger charge is 2.25. The van der Waals surface area contributed by atoms with Crippen LogP contribution >= 0.6 is 11.6 Å². The van der Waals surface area contributed by atoms with Gasteiger partial charge in [-0.25, -0.2) is 4.68 Å². The van der Waals surface area contributed by atoms with E-state index in [-0.39, 0.29) is 0 Å². The second kappa shape index (κ2) is 6.02. The molecule has 2 aromatic rings. The summed E-state index contributed by atoms with van der Waals surface area (Å²) < 4.78 is 1.96. The molecule has 3 rings (SSSR count). The average molecular weight is 306 g/mol. The Bertz CT molecular complexity index is 624. The van der Waals surface area contributed by atoms with Gasteiger partial charge >= 0.3 is 0 Å². The van der Waals surface area contributed by atoms with Crippen molar-refractivity contribution in [3.63, 3.8) is 0 Å². The van der Waals surface area contributed by atoms with Crippen molar-refractivity contribution in [3.05, 3.63) is 23.2 Å². The molecule has 1 aliphatic carbocycles. The molecule has 1 fully saturated rings. The van der Waals surface area contributed by atoms with Crippen molar-refractivity contribution in [1.29, 1.82) is 0 Å². The van der Waals surface area contributed by atoms with Crippen molar-refractivity contribution >= 4 is 17.3 Å². The Morgan fingerprint density at radius 2 is 2.24 bits per heavy atom. The fourth-order valence-corrected chi connectivity index (χ4v) is 3.33. The molecule has 2 unspecified atom stereocenters. The first-order chi connectivity index (χ1) is 10.2. The fourth-order valence-electron chi connectivity index (χ4n) is 3.15. The zero-order valence-corrected chi connectivity index (χ0v) is 12.9. The van der Waals surface area contributed by atoms with E-state index in [4.69, 9.17) is 17.3 Å². The predicted molar refractivity (Wildman–Crippen MR) is 84.0 cm³/mol. The maximum atomic E-state index is 6.11. The van der Waals surface area contributed by atoms with Gasteiger partial charge in [0.15, 0.2) is 5.82 Å². The zero-order valence-electron chi connectivity index (χ0n) is 12.2. The molecule has 0 amide bonds. The van der Waals surface area contributed by atoms with E-state index in [9.17, 15) is 0 Å². The van der Waals surface area contributed by atoms with E-state index in [1.165, 1.54) is 19.3 Å². The molecule has 2 atom stereocenters. The molecular formula is C15H20ClN5. The summed E-state index contributed by atoms with van der Waals surface area (Å²) in [4.78, 5) is 0. The van der Waals surface area contributed by atoms with Crippen LogP contribution in [0.15, 0.2) is 18.2 Å². The fraction of sp³-hybridized carbons (Fsp3) is 0.533. The Balaban J connectivity index is 1.91. The summed E-state index contributed by atoms with van der Waals surface area (Å²) in [5, 5.41) is 12.8. The van der Waals surface area contributed by atoms with Gasteiger partial charge in [0.2, 0.25) is 0 Å².